The van der Waals surface area contributed by atoms with Crippen molar-refractivity contribution in [2.45, 2.75) is 31.8 Å². The second kappa shape index (κ2) is 11.0. The molecular weight excluding hydrogens is 441 g/mol. The van der Waals surface area contributed by atoms with E-state index < -0.39 is 35.6 Å². The van der Waals surface area contributed by atoms with Gasteiger partial charge in [0.15, 0.2) is 0 Å². The lowest BCUT2D eigenvalue weighted by Gasteiger charge is -2.16. The quantitative estimate of drug-likeness (QED) is 0.470. The van der Waals surface area contributed by atoms with Gasteiger partial charge in [-0.15, -0.1) is 0 Å². The molecule has 10 heteroatoms. The second-order valence-corrected chi connectivity index (χ2v) is 7.94. The van der Waals surface area contributed by atoms with Crippen molar-refractivity contribution in [1.29, 1.82) is 5.26 Å². The molecule has 1 heterocycles. The number of hydrogen-bond donors (Lipinski definition) is 4. The predicted octanol–water partition coefficient (Wildman–Crippen LogP) is 1.73. The van der Waals surface area contributed by atoms with E-state index in [-0.39, 0.29) is 29.4 Å². The van der Waals surface area contributed by atoms with Crippen LogP contribution in [-0.2, 0) is 9.59 Å². The van der Waals surface area contributed by atoms with Gasteiger partial charge in [-0.25, -0.2) is 4.39 Å². The van der Waals surface area contributed by atoms with Crippen molar-refractivity contribution in [2.24, 2.45) is 5.92 Å². The van der Waals surface area contributed by atoms with Crippen LogP contribution >= 0.6 is 0 Å². The first-order chi connectivity index (χ1) is 16.3. The molecule has 0 saturated carbocycles. The van der Waals surface area contributed by atoms with Crippen molar-refractivity contribution >= 4 is 29.3 Å². The SMILES string of the molecule is C[C@@H](NC(=O)c1cccc(F)c1)C(=O)Nc1cccc(C(=O)N[C@H](C#N)CC2CCNC2=O)c1. The number of amides is 4. The number of nitrogens with zero attached hydrogens (tertiary/aromatic N) is 1. The largest absolute Gasteiger partial charge is 0.356 e. The third-order valence-electron chi connectivity index (χ3n) is 5.36. The molecule has 176 valence electrons. The summed E-state index contributed by atoms with van der Waals surface area (Å²) in [6, 6.07) is 11.4. The topological polar surface area (TPSA) is 140 Å². The van der Waals surface area contributed by atoms with Crippen molar-refractivity contribution in [3.05, 3.63) is 65.5 Å². The molecule has 3 atom stereocenters. The van der Waals surface area contributed by atoms with Gasteiger partial charge < -0.3 is 21.3 Å². The van der Waals surface area contributed by atoms with Gasteiger partial charge in [0.1, 0.15) is 17.9 Å². The number of nitrogens with one attached hydrogen (secondary N) is 4. The molecule has 1 unspecified atom stereocenters. The van der Waals surface area contributed by atoms with Gasteiger partial charge >= 0.3 is 0 Å². The van der Waals surface area contributed by atoms with Crippen molar-refractivity contribution in [1.82, 2.24) is 16.0 Å². The molecule has 34 heavy (non-hydrogen) atoms. The van der Waals surface area contributed by atoms with E-state index in [1.54, 1.807) is 12.1 Å². The zero-order valence-corrected chi connectivity index (χ0v) is 18.4. The average Bonchev–Trinajstić information content (AvgIpc) is 3.22. The number of carbonyl (C=O) groups is 4. The van der Waals surface area contributed by atoms with Gasteiger partial charge in [0.25, 0.3) is 11.8 Å². The number of rotatable bonds is 8. The van der Waals surface area contributed by atoms with Crippen LogP contribution in [0.25, 0.3) is 0 Å². The van der Waals surface area contributed by atoms with Crippen LogP contribution in [0, 0.1) is 23.1 Å². The minimum Gasteiger partial charge on any atom is -0.356 e. The Hall–Kier alpha value is -4.26. The Morgan fingerprint density at radius 1 is 1.12 bits per heavy atom. The Labute approximate surface area is 195 Å². The molecule has 1 aliphatic heterocycles. The van der Waals surface area contributed by atoms with Crippen LogP contribution in [0.2, 0.25) is 0 Å². The van der Waals surface area contributed by atoms with Crippen LogP contribution in [0.5, 0.6) is 0 Å². The highest BCUT2D eigenvalue weighted by Gasteiger charge is 2.28. The van der Waals surface area contributed by atoms with Crippen LogP contribution in [0.3, 0.4) is 0 Å². The van der Waals surface area contributed by atoms with E-state index in [9.17, 15) is 28.8 Å². The Bertz CT molecular complexity index is 1150. The predicted molar refractivity (Wildman–Crippen MR) is 121 cm³/mol. The maximum atomic E-state index is 13.3. The van der Waals surface area contributed by atoms with Gasteiger partial charge in [-0.05, 0) is 56.2 Å². The van der Waals surface area contributed by atoms with E-state index in [0.29, 0.717) is 18.7 Å². The number of hydrogen-bond acceptors (Lipinski definition) is 5. The smallest absolute Gasteiger partial charge is 0.252 e. The van der Waals surface area contributed by atoms with Crippen LogP contribution in [-0.4, -0.2) is 42.3 Å². The van der Waals surface area contributed by atoms with Crippen molar-refractivity contribution in [2.75, 3.05) is 11.9 Å². The summed E-state index contributed by atoms with van der Waals surface area (Å²) >= 11 is 0. The maximum Gasteiger partial charge on any atom is 0.252 e. The van der Waals surface area contributed by atoms with Gasteiger partial charge in [-0.3, -0.25) is 19.2 Å². The summed E-state index contributed by atoms with van der Waals surface area (Å²) in [5, 5.41) is 19.8. The average molecular weight is 465 g/mol. The molecule has 4 N–H and O–H groups in total. The minimum atomic E-state index is -0.936. The van der Waals surface area contributed by atoms with Gasteiger partial charge in [0.05, 0.1) is 6.07 Å². The molecular formula is C24H24FN5O4. The van der Waals surface area contributed by atoms with Crippen molar-refractivity contribution in [3.63, 3.8) is 0 Å². The van der Waals surface area contributed by atoms with E-state index in [1.165, 1.54) is 37.3 Å². The zero-order valence-electron chi connectivity index (χ0n) is 18.4. The van der Waals surface area contributed by atoms with Crippen LogP contribution in [0.1, 0.15) is 40.5 Å². The summed E-state index contributed by atoms with van der Waals surface area (Å²) in [5.41, 5.74) is 0.610. The lowest BCUT2D eigenvalue weighted by atomic mass is 9.99. The Morgan fingerprint density at radius 2 is 1.79 bits per heavy atom. The molecule has 1 fully saturated rings. The van der Waals surface area contributed by atoms with E-state index in [4.69, 9.17) is 0 Å². The molecule has 0 aromatic heterocycles. The Kier molecular flexibility index (Phi) is 7.92. The van der Waals surface area contributed by atoms with Crippen LogP contribution in [0.15, 0.2) is 48.5 Å². The molecule has 2 aromatic carbocycles. The molecule has 1 aliphatic rings. The van der Waals surface area contributed by atoms with E-state index in [1.807, 2.05) is 6.07 Å². The Balaban J connectivity index is 1.58. The minimum absolute atomic E-state index is 0.0838. The van der Waals surface area contributed by atoms with Gasteiger partial charge in [-0.2, -0.15) is 5.26 Å². The lowest BCUT2D eigenvalue weighted by Crippen LogP contribution is -2.41. The highest BCUT2D eigenvalue weighted by molar-refractivity contribution is 6.02. The van der Waals surface area contributed by atoms with Gasteiger partial charge in [0.2, 0.25) is 11.8 Å². The third kappa shape index (κ3) is 6.38. The van der Waals surface area contributed by atoms with E-state index in [0.717, 1.165) is 6.07 Å². The van der Waals surface area contributed by atoms with Crippen LogP contribution in [0.4, 0.5) is 10.1 Å². The highest BCUT2D eigenvalue weighted by atomic mass is 19.1. The highest BCUT2D eigenvalue weighted by Crippen LogP contribution is 2.17. The Morgan fingerprint density at radius 3 is 2.44 bits per heavy atom. The zero-order chi connectivity index (χ0) is 24.7. The molecule has 9 nitrogen and oxygen atoms in total. The van der Waals surface area contributed by atoms with E-state index >= 15 is 0 Å². The van der Waals surface area contributed by atoms with Gasteiger partial charge in [-0.1, -0.05) is 12.1 Å². The summed E-state index contributed by atoms with van der Waals surface area (Å²) in [4.78, 5) is 49.1. The van der Waals surface area contributed by atoms with Crippen molar-refractivity contribution < 1.29 is 23.6 Å². The number of carbonyl (C=O) groups excluding carboxylic acids is 4. The number of nitriles is 1. The van der Waals surface area contributed by atoms with Gasteiger partial charge in [0, 0.05) is 29.3 Å². The fraction of sp³-hybridized carbons (Fsp3) is 0.292. The summed E-state index contributed by atoms with van der Waals surface area (Å²) in [6.45, 7) is 2.03. The fourth-order valence-corrected chi connectivity index (χ4v) is 3.50. The summed E-state index contributed by atoms with van der Waals surface area (Å²) in [6.07, 6.45) is 0.829. The molecule has 0 spiro atoms. The summed E-state index contributed by atoms with van der Waals surface area (Å²) in [7, 11) is 0. The number of halogens is 1. The standard InChI is InChI=1S/C24H24FN5O4/c1-14(28-23(33)15-4-2-6-18(25)10-15)21(31)29-19-7-3-5-16(11-19)24(34)30-20(13-26)12-17-8-9-27-22(17)32/h2-7,10-11,14,17,20H,8-9,12H2,1H3,(H,27,32)(H,28,33)(H,29,31)(H,30,34)/t14-,17?,20+/m1/s1. The fourth-order valence-electron chi connectivity index (χ4n) is 3.50. The molecule has 2 aromatic rings. The first-order valence-electron chi connectivity index (χ1n) is 10.7. The molecule has 0 radical (unpaired) electrons. The third-order valence-corrected chi connectivity index (χ3v) is 5.36. The normalized spacial score (nSPS) is 16.5. The van der Waals surface area contributed by atoms with Crippen LogP contribution < -0.4 is 21.3 Å². The monoisotopic (exact) mass is 465 g/mol. The second-order valence-electron chi connectivity index (χ2n) is 7.94. The first-order valence-corrected chi connectivity index (χ1v) is 10.7. The summed E-state index contributed by atoms with van der Waals surface area (Å²) < 4.78 is 13.3. The molecule has 0 bridgehead atoms. The maximum absolute atomic E-state index is 13.3. The number of benzene rings is 2. The summed E-state index contributed by atoms with van der Waals surface area (Å²) in [5.74, 6) is -2.67. The molecule has 0 aliphatic carbocycles. The molecule has 4 amide bonds. The van der Waals surface area contributed by atoms with Crippen molar-refractivity contribution in [3.8, 4) is 6.07 Å². The number of anilines is 1. The first kappa shape index (κ1) is 24.4. The van der Waals surface area contributed by atoms with E-state index in [2.05, 4.69) is 21.3 Å². The molecule has 1 saturated heterocycles. The lowest BCUT2D eigenvalue weighted by molar-refractivity contribution is -0.122. The molecule has 3 rings (SSSR count).